The van der Waals surface area contributed by atoms with Gasteiger partial charge in [0.25, 0.3) is 0 Å². The fourth-order valence-corrected chi connectivity index (χ4v) is 6.65. The van der Waals surface area contributed by atoms with E-state index >= 15 is 0 Å². The minimum absolute atomic E-state index is 0.0496. The summed E-state index contributed by atoms with van der Waals surface area (Å²) in [4.78, 5) is 28.3. The number of thiophene rings is 1. The number of anilines is 1. The number of aromatic carboxylic acids is 1. The lowest BCUT2D eigenvalue weighted by Crippen LogP contribution is -2.42. The molecular weight excluding hydrogens is 454 g/mol. The van der Waals surface area contributed by atoms with E-state index in [0.29, 0.717) is 11.6 Å². The van der Waals surface area contributed by atoms with Crippen LogP contribution in [0.3, 0.4) is 0 Å². The molecule has 4 nitrogen and oxygen atoms in total. The molecule has 1 fully saturated rings. The third-order valence-corrected chi connectivity index (χ3v) is 8.54. The first-order chi connectivity index (χ1) is 16.9. The van der Waals surface area contributed by atoms with Gasteiger partial charge in [-0.1, -0.05) is 67.6 Å². The minimum atomic E-state index is -0.985. The predicted octanol–water partition coefficient (Wildman–Crippen LogP) is 7.99. The van der Waals surface area contributed by atoms with Gasteiger partial charge in [-0.05, 0) is 61.8 Å². The summed E-state index contributed by atoms with van der Waals surface area (Å²) >= 11 is 1.28. The number of carboxylic acid groups (broad SMARTS) is 1. The van der Waals surface area contributed by atoms with E-state index in [-0.39, 0.29) is 22.7 Å². The van der Waals surface area contributed by atoms with E-state index in [2.05, 4.69) is 37.3 Å². The molecule has 0 spiro atoms. The Morgan fingerprint density at radius 3 is 2.23 bits per heavy atom. The third-order valence-electron chi connectivity index (χ3n) is 7.32. The van der Waals surface area contributed by atoms with Gasteiger partial charge in [0.05, 0.1) is 5.69 Å². The monoisotopic (exact) mass is 485 g/mol. The molecule has 5 heteroatoms. The first kappa shape index (κ1) is 23.6. The van der Waals surface area contributed by atoms with E-state index < -0.39 is 5.97 Å². The van der Waals surface area contributed by atoms with Crippen molar-refractivity contribution in [3.8, 4) is 11.1 Å². The smallest absolute Gasteiger partial charge is 0.348 e. The first-order valence-corrected chi connectivity index (χ1v) is 13.3. The molecular formula is C30H31NO3S. The summed E-state index contributed by atoms with van der Waals surface area (Å²) in [5.41, 5.74) is 2.63. The van der Waals surface area contributed by atoms with Crippen molar-refractivity contribution in [2.75, 3.05) is 4.90 Å². The second-order valence-corrected chi connectivity index (χ2v) is 11.1. The Balaban J connectivity index is 1.70. The van der Waals surface area contributed by atoms with Crippen LogP contribution >= 0.6 is 11.3 Å². The summed E-state index contributed by atoms with van der Waals surface area (Å²) in [5.74, 6) is -0.330. The highest BCUT2D eigenvalue weighted by Gasteiger charge is 2.34. The van der Waals surface area contributed by atoms with Crippen LogP contribution in [0.25, 0.3) is 32.0 Å². The van der Waals surface area contributed by atoms with Gasteiger partial charge in [0.1, 0.15) is 4.88 Å². The largest absolute Gasteiger partial charge is 0.477 e. The minimum Gasteiger partial charge on any atom is -0.477 e. The van der Waals surface area contributed by atoms with Crippen LogP contribution in [-0.4, -0.2) is 23.0 Å². The van der Waals surface area contributed by atoms with Gasteiger partial charge in [-0.15, -0.1) is 11.3 Å². The van der Waals surface area contributed by atoms with Gasteiger partial charge >= 0.3 is 5.97 Å². The van der Waals surface area contributed by atoms with Gasteiger partial charge in [-0.2, -0.15) is 0 Å². The highest BCUT2D eigenvalue weighted by molar-refractivity contribution is 7.22. The lowest BCUT2D eigenvalue weighted by molar-refractivity contribution is -0.123. The Morgan fingerprint density at radius 1 is 0.886 bits per heavy atom. The van der Waals surface area contributed by atoms with Crippen LogP contribution in [0.5, 0.6) is 0 Å². The molecule has 0 radical (unpaired) electrons. The Morgan fingerprint density at radius 2 is 1.51 bits per heavy atom. The number of benzene rings is 3. The van der Waals surface area contributed by atoms with Gasteiger partial charge in [0.15, 0.2) is 0 Å². The van der Waals surface area contributed by atoms with Crippen molar-refractivity contribution < 1.29 is 14.7 Å². The number of hydrogen-bond acceptors (Lipinski definition) is 3. The van der Waals surface area contributed by atoms with Crippen LogP contribution in [0.4, 0.5) is 5.69 Å². The van der Waals surface area contributed by atoms with Crippen molar-refractivity contribution in [1.82, 2.24) is 0 Å². The van der Waals surface area contributed by atoms with Crippen LogP contribution in [0.15, 0.2) is 60.7 Å². The van der Waals surface area contributed by atoms with E-state index in [1.54, 1.807) is 4.90 Å². The molecule has 0 atom stereocenters. The summed E-state index contributed by atoms with van der Waals surface area (Å²) in [5, 5.41) is 13.3. The number of carbonyl (C=O) groups excluding carboxylic acids is 1. The maximum atomic E-state index is 13.8. The Labute approximate surface area is 210 Å². The zero-order valence-corrected chi connectivity index (χ0v) is 21.3. The molecule has 35 heavy (non-hydrogen) atoms. The summed E-state index contributed by atoms with van der Waals surface area (Å²) in [6.07, 6.45) is 3.83. The molecule has 0 aliphatic heterocycles. The molecule has 1 heterocycles. The van der Waals surface area contributed by atoms with Crippen molar-refractivity contribution in [3.05, 3.63) is 65.5 Å². The number of rotatable bonds is 5. The Hall–Kier alpha value is -3.18. The van der Waals surface area contributed by atoms with Crippen molar-refractivity contribution >= 4 is 49.8 Å². The molecule has 5 rings (SSSR count). The Kier molecular flexibility index (Phi) is 6.37. The first-order valence-electron chi connectivity index (χ1n) is 12.5. The zero-order valence-electron chi connectivity index (χ0n) is 20.5. The molecule has 4 aromatic rings. The molecule has 0 saturated heterocycles. The van der Waals surface area contributed by atoms with Gasteiger partial charge < -0.3 is 10.0 Å². The standard InChI is InChI=1S/C30H31NO3S/c1-18(2)31(29(32)21-16-14-19(3)15-17-21)26-25-13-7-12-24(27(25)35-28(26)30(33)34)23-11-6-9-20-8-4-5-10-22(20)23/h4-13,18-19,21H,14-17H2,1-3H3,(H,33,34). The van der Waals surface area contributed by atoms with Crippen molar-refractivity contribution in [3.63, 3.8) is 0 Å². The summed E-state index contributed by atoms with van der Waals surface area (Å²) < 4.78 is 0.909. The molecule has 1 aromatic heterocycles. The molecule has 180 valence electrons. The number of hydrogen-bond donors (Lipinski definition) is 1. The molecule has 1 aliphatic rings. The van der Waals surface area contributed by atoms with Crippen LogP contribution in [0.1, 0.15) is 56.1 Å². The Bertz CT molecular complexity index is 1410. The quantitative estimate of drug-likeness (QED) is 0.312. The lowest BCUT2D eigenvalue weighted by Gasteiger charge is -2.33. The number of carbonyl (C=O) groups is 2. The highest BCUT2D eigenvalue weighted by Crippen LogP contribution is 2.46. The number of amides is 1. The van der Waals surface area contributed by atoms with Crippen molar-refractivity contribution in [2.24, 2.45) is 11.8 Å². The summed E-state index contributed by atoms with van der Waals surface area (Å²) in [6.45, 7) is 6.20. The van der Waals surface area contributed by atoms with Crippen molar-refractivity contribution in [1.29, 1.82) is 0 Å². The van der Waals surface area contributed by atoms with E-state index in [1.165, 1.54) is 11.3 Å². The summed E-state index contributed by atoms with van der Waals surface area (Å²) in [7, 11) is 0. The zero-order chi connectivity index (χ0) is 24.7. The average Bonchev–Trinajstić information content (AvgIpc) is 3.24. The molecule has 3 aromatic carbocycles. The van der Waals surface area contributed by atoms with Crippen molar-refractivity contribution in [2.45, 2.75) is 52.5 Å². The van der Waals surface area contributed by atoms with E-state index in [4.69, 9.17) is 0 Å². The second kappa shape index (κ2) is 9.46. The van der Waals surface area contributed by atoms with Crippen LogP contribution in [0.2, 0.25) is 0 Å². The average molecular weight is 486 g/mol. The number of nitrogens with zero attached hydrogens (tertiary/aromatic N) is 1. The van der Waals surface area contributed by atoms with Crippen LogP contribution in [0, 0.1) is 11.8 Å². The molecule has 1 aliphatic carbocycles. The third kappa shape index (κ3) is 4.23. The lowest BCUT2D eigenvalue weighted by atomic mass is 9.82. The molecule has 1 amide bonds. The SMILES string of the molecule is CC1CCC(C(=O)N(c2c(C(=O)O)sc3c(-c4cccc5ccccc45)cccc23)C(C)C)CC1. The summed E-state index contributed by atoms with van der Waals surface area (Å²) in [6, 6.07) is 20.3. The predicted molar refractivity (Wildman–Crippen MR) is 145 cm³/mol. The van der Waals surface area contributed by atoms with Crippen LogP contribution < -0.4 is 4.90 Å². The number of fused-ring (bicyclic) bond motifs is 2. The molecule has 0 unspecified atom stereocenters. The van der Waals surface area contributed by atoms with Gasteiger partial charge in [0, 0.05) is 27.6 Å². The van der Waals surface area contributed by atoms with Crippen LogP contribution in [-0.2, 0) is 4.79 Å². The van der Waals surface area contributed by atoms with Gasteiger partial charge in [-0.25, -0.2) is 4.79 Å². The maximum absolute atomic E-state index is 13.8. The second-order valence-electron chi connectivity index (χ2n) is 10.1. The van der Waals surface area contributed by atoms with Gasteiger partial charge in [-0.3, -0.25) is 4.79 Å². The molecule has 1 saturated carbocycles. The number of carboxylic acids is 1. The molecule has 1 N–H and O–H groups in total. The fourth-order valence-electron chi connectivity index (χ4n) is 5.49. The normalized spacial score (nSPS) is 18.3. The van der Waals surface area contributed by atoms with E-state index in [1.807, 2.05) is 44.2 Å². The van der Waals surface area contributed by atoms with E-state index in [0.717, 1.165) is 57.7 Å². The van der Waals surface area contributed by atoms with E-state index in [9.17, 15) is 14.7 Å². The van der Waals surface area contributed by atoms with Gasteiger partial charge in [0.2, 0.25) is 5.91 Å². The maximum Gasteiger partial charge on any atom is 0.348 e. The fraction of sp³-hybridized carbons (Fsp3) is 0.333. The highest BCUT2D eigenvalue weighted by atomic mass is 32.1. The topological polar surface area (TPSA) is 57.6 Å². The molecule has 0 bridgehead atoms.